The van der Waals surface area contributed by atoms with E-state index in [4.69, 9.17) is 9.97 Å². The summed E-state index contributed by atoms with van der Waals surface area (Å²) in [5.74, 6) is 0.684. The zero-order valence-corrected chi connectivity index (χ0v) is 26.3. The van der Waals surface area contributed by atoms with Crippen molar-refractivity contribution in [3.8, 4) is 56.3 Å². The summed E-state index contributed by atoms with van der Waals surface area (Å²) in [5.41, 5.74) is 12.4. The Morgan fingerprint density at radius 1 is 0.447 bits per heavy atom. The topological polar surface area (TPSA) is 38.7 Å². The van der Waals surface area contributed by atoms with Crippen LogP contribution >= 0.6 is 0 Å². The van der Waals surface area contributed by atoms with Crippen LogP contribution < -0.4 is 0 Å². The van der Waals surface area contributed by atoms with Crippen molar-refractivity contribution in [3.05, 3.63) is 163 Å². The molecule has 6 aromatic carbocycles. The van der Waals surface area contributed by atoms with E-state index in [1.165, 1.54) is 49.5 Å². The first-order valence-electron chi connectivity index (χ1n) is 16.1. The second-order valence-electron chi connectivity index (χ2n) is 12.8. The SMILES string of the molecule is CC1(C)c2cccc(-c3ccc(-c4cc(-c5ccccn5)nc(-c5ccccc5)n4)c4ccccc34)c2-c2c1ccc1ccccc21. The molecular formula is C44H31N3. The zero-order chi connectivity index (χ0) is 31.5. The zero-order valence-electron chi connectivity index (χ0n) is 26.3. The number of benzene rings is 6. The van der Waals surface area contributed by atoms with E-state index in [9.17, 15) is 0 Å². The van der Waals surface area contributed by atoms with Gasteiger partial charge in [0.2, 0.25) is 0 Å². The van der Waals surface area contributed by atoms with E-state index >= 15 is 0 Å². The normalized spacial score (nSPS) is 13.1. The second kappa shape index (κ2) is 10.6. The largest absolute Gasteiger partial charge is 0.255 e. The van der Waals surface area contributed by atoms with Crippen LogP contribution in [0.2, 0.25) is 0 Å². The molecule has 3 heteroatoms. The Hall–Kier alpha value is -5.93. The molecule has 1 aliphatic carbocycles. The minimum absolute atomic E-state index is 0.100. The highest BCUT2D eigenvalue weighted by Crippen LogP contribution is 2.55. The van der Waals surface area contributed by atoms with E-state index in [1.807, 2.05) is 42.6 Å². The smallest absolute Gasteiger partial charge is 0.160 e. The van der Waals surface area contributed by atoms with Gasteiger partial charge in [0, 0.05) is 22.7 Å². The molecule has 3 nitrogen and oxygen atoms in total. The van der Waals surface area contributed by atoms with Crippen molar-refractivity contribution in [2.24, 2.45) is 0 Å². The molecule has 0 fully saturated rings. The Kier molecular flexibility index (Phi) is 6.16. The molecule has 0 saturated carbocycles. The molecule has 2 aromatic heterocycles. The molecule has 0 radical (unpaired) electrons. The molecule has 0 atom stereocenters. The van der Waals surface area contributed by atoms with E-state index in [-0.39, 0.29) is 5.41 Å². The van der Waals surface area contributed by atoms with Gasteiger partial charge in [0.1, 0.15) is 0 Å². The molecule has 0 unspecified atom stereocenters. The lowest BCUT2D eigenvalue weighted by atomic mass is 9.81. The maximum atomic E-state index is 5.15. The Balaban J connectivity index is 1.29. The van der Waals surface area contributed by atoms with Crippen molar-refractivity contribution in [2.75, 3.05) is 0 Å². The van der Waals surface area contributed by atoms with E-state index < -0.39 is 0 Å². The van der Waals surface area contributed by atoms with Crippen molar-refractivity contribution in [3.63, 3.8) is 0 Å². The number of hydrogen-bond donors (Lipinski definition) is 0. The van der Waals surface area contributed by atoms with Gasteiger partial charge in [-0.05, 0) is 73.1 Å². The van der Waals surface area contributed by atoms with Crippen LogP contribution in [0, 0.1) is 0 Å². The van der Waals surface area contributed by atoms with Gasteiger partial charge in [-0.2, -0.15) is 0 Å². The van der Waals surface area contributed by atoms with E-state index in [0.29, 0.717) is 5.82 Å². The van der Waals surface area contributed by atoms with Gasteiger partial charge >= 0.3 is 0 Å². The van der Waals surface area contributed by atoms with Gasteiger partial charge in [0.25, 0.3) is 0 Å². The molecule has 47 heavy (non-hydrogen) atoms. The first-order chi connectivity index (χ1) is 23.1. The fourth-order valence-corrected chi connectivity index (χ4v) is 7.48. The standard InChI is InChI=1S/C44H31N3/c1-44(2)36-20-12-19-35(42(36)41-30-16-7-6-13-28(30)22-25-37(41)44)33-23-24-34(32-18-9-8-17-31(32)33)39-27-40(38-21-10-11-26-45-38)47-43(46-39)29-14-4-3-5-15-29/h3-27H,1-2H3. The van der Waals surface area contributed by atoms with Crippen molar-refractivity contribution < 1.29 is 0 Å². The molecule has 2 heterocycles. The molecule has 9 rings (SSSR count). The monoisotopic (exact) mass is 601 g/mol. The number of pyridine rings is 1. The van der Waals surface area contributed by atoms with Gasteiger partial charge in [-0.15, -0.1) is 0 Å². The summed E-state index contributed by atoms with van der Waals surface area (Å²) in [6, 6.07) is 51.6. The molecule has 0 saturated heterocycles. The van der Waals surface area contributed by atoms with Gasteiger partial charge in [0.15, 0.2) is 5.82 Å². The Morgan fingerprint density at radius 3 is 1.94 bits per heavy atom. The Bertz CT molecular complexity index is 2420. The summed E-state index contributed by atoms with van der Waals surface area (Å²) >= 11 is 0. The van der Waals surface area contributed by atoms with Crippen molar-refractivity contribution in [1.29, 1.82) is 0 Å². The summed E-state index contributed by atoms with van der Waals surface area (Å²) in [6.07, 6.45) is 1.81. The molecule has 0 spiro atoms. The van der Waals surface area contributed by atoms with Crippen LogP contribution in [-0.4, -0.2) is 15.0 Å². The van der Waals surface area contributed by atoms with Crippen molar-refractivity contribution in [1.82, 2.24) is 15.0 Å². The molecule has 0 aliphatic heterocycles. The first-order valence-corrected chi connectivity index (χ1v) is 16.1. The van der Waals surface area contributed by atoms with Gasteiger partial charge in [0.05, 0.1) is 17.1 Å². The molecule has 0 amide bonds. The summed E-state index contributed by atoms with van der Waals surface area (Å²) in [5, 5.41) is 4.93. The molecule has 0 N–H and O–H groups in total. The number of hydrogen-bond acceptors (Lipinski definition) is 3. The first kappa shape index (κ1) is 27.4. The predicted molar refractivity (Wildman–Crippen MR) is 194 cm³/mol. The van der Waals surface area contributed by atoms with E-state index in [1.54, 1.807) is 0 Å². The van der Waals surface area contributed by atoms with Crippen LogP contribution in [-0.2, 0) is 5.41 Å². The van der Waals surface area contributed by atoms with Crippen molar-refractivity contribution >= 4 is 21.5 Å². The van der Waals surface area contributed by atoms with E-state index in [0.717, 1.165) is 33.6 Å². The second-order valence-corrected chi connectivity index (χ2v) is 12.8. The van der Waals surface area contributed by atoms with Crippen LogP contribution in [0.4, 0.5) is 0 Å². The average Bonchev–Trinajstić information content (AvgIpc) is 3.38. The molecular weight excluding hydrogens is 571 g/mol. The molecule has 0 bridgehead atoms. The lowest BCUT2D eigenvalue weighted by molar-refractivity contribution is 0.661. The molecule has 1 aliphatic rings. The highest BCUT2D eigenvalue weighted by molar-refractivity contribution is 6.11. The minimum atomic E-state index is -0.100. The lowest BCUT2D eigenvalue weighted by Gasteiger charge is -2.22. The minimum Gasteiger partial charge on any atom is -0.255 e. The van der Waals surface area contributed by atoms with E-state index in [2.05, 4.69) is 128 Å². The molecule has 222 valence electrons. The molecule has 8 aromatic rings. The Labute approximate surface area is 274 Å². The highest BCUT2D eigenvalue weighted by atomic mass is 14.9. The highest BCUT2D eigenvalue weighted by Gasteiger charge is 2.38. The summed E-state index contributed by atoms with van der Waals surface area (Å²) < 4.78 is 0. The number of fused-ring (bicyclic) bond motifs is 6. The van der Waals surface area contributed by atoms with Crippen LogP contribution in [0.1, 0.15) is 25.0 Å². The van der Waals surface area contributed by atoms with Crippen LogP contribution in [0.3, 0.4) is 0 Å². The van der Waals surface area contributed by atoms with Crippen molar-refractivity contribution in [2.45, 2.75) is 19.3 Å². The van der Waals surface area contributed by atoms with Gasteiger partial charge in [-0.3, -0.25) is 4.98 Å². The van der Waals surface area contributed by atoms with Gasteiger partial charge in [-0.25, -0.2) is 9.97 Å². The number of nitrogens with zero attached hydrogens (tertiary/aromatic N) is 3. The quantitative estimate of drug-likeness (QED) is 0.201. The third-order valence-corrected chi connectivity index (χ3v) is 9.77. The Morgan fingerprint density at radius 2 is 1.13 bits per heavy atom. The number of aromatic nitrogens is 3. The maximum absolute atomic E-state index is 5.15. The summed E-state index contributed by atoms with van der Waals surface area (Å²) in [4.78, 5) is 14.8. The van der Waals surface area contributed by atoms with Crippen LogP contribution in [0.5, 0.6) is 0 Å². The third-order valence-electron chi connectivity index (χ3n) is 9.77. The van der Waals surface area contributed by atoms with Crippen LogP contribution in [0.15, 0.2) is 152 Å². The maximum Gasteiger partial charge on any atom is 0.160 e. The fraction of sp³-hybridized carbons (Fsp3) is 0.0682. The fourth-order valence-electron chi connectivity index (χ4n) is 7.48. The number of rotatable bonds is 4. The van der Waals surface area contributed by atoms with Gasteiger partial charge in [-0.1, -0.05) is 141 Å². The average molecular weight is 602 g/mol. The lowest BCUT2D eigenvalue weighted by Crippen LogP contribution is -2.14. The van der Waals surface area contributed by atoms with Crippen LogP contribution in [0.25, 0.3) is 77.8 Å². The third kappa shape index (κ3) is 4.31. The predicted octanol–water partition coefficient (Wildman–Crippen LogP) is 11.2. The summed E-state index contributed by atoms with van der Waals surface area (Å²) in [6.45, 7) is 4.71. The summed E-state index contributed by atoms with van der Waals surface area (Å²) in [7, 11) is 0. The van der Waals surface area contributed by atoms with Gasteiger partial charge < -0.3 is 0 Å².